The third-order valence-electron chi connectivity index (χ3n) is 10.5. The maximum atomic E-state index is 14.5. The van der Waals surface area contributed by atoms with Gasteiger partial charge in [0.05, 0.1) is 54.6 Å². The number of benzene rings is 2. The minimum Gasteiger partial charge on any atom is -0.502 e. The molecule has 248 valence electrons. The van der Waals surface area contributed by atoms with Gasteiger partial charge in [0.25, 0.3) is 0 Å². The number of aromatic hydroxyl groups is 1. The molecule has 12 heteroatoms. The van der Waals surface area contributed by atoms with Crippen molar-refractivity contribution in [3.8, 4) is 17.2 Å². The minimum absolute atomic E-state index is 0.159. The number of nitrogens with zero attached hydrogens (tertiary/aromatic N) is 2. The molecule has 0 unspecified atom stereocenters. The second-order valence-electron chi connectivity index (χ2n) is 12.8. The SMILES string of the molecule is COc1cc(C=C[C@H]2C3=CC[C@@H]4C(=O)N(Cc5cccs5)C(=O)[C@@H]4[C@@H]3C[C@H]3C(=O)N(c4ccc(F)c(Cl)c4)C(=O)[C@@]23C)cc(OC)c1O. The molecule has 1 N–H and O–H groups in total. The van der Waals surface area contributed by atoms with Crippen molar-refractivity contribution in [3.63, 3.8) is 0 Å². The van der Waals surface area contributed by atoms with E-state index in [-0.39, 0.29) is 52.7 Å². The summed E-state index contributed by atoms with van der Waals surface area (Å²) in [5.41, 5.74) is 0.304. The largest absolute Gasteiger partial charge is 0.502 e. The smallest absolute Gasteiger partial charge is 0.241 e. The maximum Gasteiger partial charge on any atom is 0.241 e. The van der Waals surface area contributed by atoms with Crippen LogP contribution in [0.15, 0.2) is 65.6 Å². The summed E-state index contributed by atoms with van der Waals surface area (Å²) in [6, 6.07) is 10.7. The molecule has 0 radical (unpaired) electrons. The van der Waals surface area contributed by atoms with Crippen molar-refractivity contribution in [2.24, 2.45) is 35.0 Å². The van der Waals surface area contributed by atoms with Crippen LogP contribution in [-0.4, -0.2) is 47.9 Å². The van der Waals surface area contributed by atoms with E-state index in [9.17, 15) is 28.7 Å². The summed E-state index contributed by atoms with van der Waals surface area (Å²) < 4.78 is 24.8. The van der Waals surface area contributed by atoms with Gasteiger partial charge in [-0.2, -0.15) is 0 Å². The predicted molar refractivity (Wildman–Crippen MR) is 177 cm³/mol. The number of phenols is 1. The summed E-state index contributed by atoms with van der Waals surface area (Å²) >= 11 is 7.55. The van der Waals surface area contributed by atoms with Gasteiger partial charge in [0.1, 0.15) is 5.82 Å². The Morgan fingerprint density at radius 2 is 1.77 bits per heavy atom. The average Bonchev–Trinajstić information content (AvgIpc) is 3.73. The minimum atomic E-state index is -1.28. The average molecular weight is 691 g/mol. The van der Waals surface area contributed by atoms with E-state index < -0.39 is 52.6 Å². The lowest BCUT2D eigenvalue weighted by Gasteiger charge is -2.47. The molecular formula is C36H32ClFN2O7S. The third kappa shape index (κ3) is 4.77. The Balaban J connectivity index is 1.33. The fourth-order valence-electron chi connectivity index (χ4n) is 8.09. The Morgan fingerprint density at radius 1 is 1.04 bits per heavy atom. The number of hydrogen-bond acceptors (Lipinski definition) is 8. The Bertz CT molecular complexity index is 1900. The first-order valence-electron chi connectivity index (χ1n) is 15.5. The second-order valence-corrected chi connectivity index (χ2v) is 14.2. The van der Waals surface area contributed by atoms with Gasteiger partial charge in [-0.3, -0.25) is 24.1 Å². The first-order valence-corrected chi connectivity index (χ1v) is 16.8. The van der Waals surface area contributed by atoms with Gasteiger partial charge >= 0.3 is 0 Å². The number of fused-ring (bicyclic) bond motifs is 4. The second kappa shape index (κ2) is 11.9. The highest BCUT2D eigenvalue weighted by atomic mass is 35.5. The van der Waals surface area contributed by atoms with Gasteiger partial charge in [0, 0.05) is 10.8 Å². The molecule has 3 aromatic rings. The number of phenolic OH excluding ortho intramolecular Hbond substituents is 1. The molecule has 48 heavy (non-hydrogen) atoms. The van der Waals surface area contributed by atoms with Crippen LogP contribution in [0.5, 0.6) is 17.2 Å². The lowest BCUT2D eigenvalue weighted by molar-refractivity contribution is -0.141. The van der Waals surface area contributed by atoms with Crippen LogP contribution in [0.4, 0.5) is 10.1 Å². The first kappa shape index (κ1) is 32.1. The number of imide groups is 2. The number of carbonyl (C=O) groups excluding carboxylic acids is 4. The van der Waals surface area contributed by atoms with Crippen LogP contribution in [0.3, 0.4) is 0 Å². The van der Waals surface area contributed by atoms with E-state index in [0.29, 0.717) is 12.0 Å². The van der Waals surface area contributed by atoms with Gasteiger partial charge in [-0.1, -0.05) is 41.5 Å². The van der Waals surface area contributed by atoms with E-state index in [1.54, 1.807) is 25.1 Å². The van der Waals surface area contributed by atoms with E-state index in [4.69, 9.17) is 21.1 Å². The topological polar surface area (TPSA) is 113 Å². The highest BCUT2D eigenvalue weighted by molar-refractivity contribution is 7.09. The number of halogens is 2. The summed E-state index contributed by atoms with van der Waals surface area (Å²) in [5.74, 6) is -5.11. The molecule has 4 amide bonds. The van der Waals surface area contributed by atoms with Gasteiger partial charge in [-0.05, 0) is 73.0 Å². The lowest BCUT2D eigenvalue weighted by atomic mass is 9.52. The van der Waals surface area contributed by atoms with Gasteiger partial charge in [-0.15, -0.1) is 11.3 Å². The normalized spacial score (nSPS) is 28.1. The number of likely N-dealkylation sites (tertiary alicyclic amines) is 1. The van der Waals surface area contributed by atoms with Gasteiger partial charge in [0.15, 0.2) is 11.5 Å². The van der Waals surface area contributed by atoms with E-state index >= 15 is 0 Å². The van der Waals surface area contributed by atoms with Crippen molar-refractivity contribution >= 4 is 58.3 Å². The van der Waals surface area contributed by atoms with Crippen LogP contribution in [0, 0.1) is 40.8 Å². The van der Waals surface area contributed by atoms with Crippen LogP contribution in [0.1, 0.15) is 30.2 Å². The Morgan fingerprint density at radius 3 is 2.42 bits per heavy atom. The molecule has 2 aliphatic heterocycles. The fourth-order valence-corrected chi connectivity index (χ4v) is 8.95. The van der Waals surface area contributed by atoms with Gasteiger partial charge in [-0.25, -0.2) is 9.29 Å². The quantitative estimate of drug-likeness (QED) is 0.231. The van der Waals surface area contributed by atoms with Crippen LogP contribution >= 0.6 is 22.9 Å². The number of rotatable bonds is 7. The van der Waals surface area contributed by atoms with Crippen molar-refractivity contribution in [2.75, 3.05) is 19.1 Å². The molecular weight excluding hydrogens is 659 g/mol. The number of hydrogen-bond donors (Lipinski definition) is 1. The molecule has 7 rings (SSSR count). The molecule has 2 aliphatic carbocycles. The van der Waals surface area contributed by atoms with Crippen LogP contribution in [-0.2, 0) is 25.7 Å². The maximum absolute atomic E-state index is 14.5. The van der Waals surface area contributed by atoms with Crippen molar-refractivity contribution in [2.45, 2.75) is 26.3 Å². The predicted octanol–water partition coefficient (Wildman–Crippen LogP) is 6.24. The zero-order valence-electron chi connectivity index (χ0n) is 26.3. The number of ether oxygens (including phenoxy) is 2. The molecule has 1 saturated carbocycles. The standard InChI is InChI=1S/C36H32ClFN2O7S/c1-36-24(10-6-18-13-28(46-2)31(41)29(14-18)47-3)21-8-9-22-30(34(44)39(32(22)42)17-20-5-4-12-48-20)23(21)16-25(36)33(43)40(35(36)45)19-7-11-27(38)26(37)15-19/h4-8,10-15,22-25,30,41H,9,16-17H2,1-3H3/t22-,23+,24-,25-,30-,36-/m0/s1. The monoisotopic (exact) mass is 690 g/mol. The number of methoxy groups -OCH3 is 2. The number of thiophene rings is 1. The molecule has 2 saturated heterocycles. The van der Waals surface area contributed by atoms with Gasteiger partial charge < -0.3 is 14.6 Å². The molecule has 9 nitrogen and oxygen atoms in total. The molecule has 4 aliphatic rings. The molecule has 2 aromatic carbocycles. The number of amides is 4. The number of carbonyl (C=O) groups is 4. The van der Waals surface area contributed by atoms with Crippen LogP contribution < -0.4 is 14.4 Å². The third-order valence-corrected chi connectivity index (χ3v) is 11.6. The highest BCUT2D eigenvalue weighted by Gasteiger charge is 2.66. The first-order chi connectivity index (χ1) is 23.0. The van der Waals surface area contributed by atoms with Gasteiger partial charge in [0.2, 0.25) is 29.4 Å². The number of anilines is 1. The van der Waals surface area contributed by atoms with E-state index in [1.165, 1.54) is 42.6 Å². The number of allylic oxidation sites excluding steroid dienone is 3. The summed E-state index contributed by atoms with van der Waals surface area (Å²) in [6.07, 6.45) is 6.10. The molecule has 1 aromatic heterocycles. The lowest BCUT2D eigenvalue weighted by Crippen LogP contribution is -2.49. The van der Waals surface area contributed by atoms with E-state index in [1.807, 2.05) is 29.7 Å². The Labute approximate surface area is 285 Å². The molecule has 3 heterocycles. The Kier molecular flexibility index (Phi) is 7.95. The van der Waals surface area contributed by atoms with Crippen LogP contribution in [0.25, 0.3) is 6.08 Å². The van der Waals surface area contributed by atoms with Crippen molar-refractivity contribution in [1.82, 2.24) is 4.90 Å². The fraction of sp³-hybridized carbons (Fsp3) is 0.333. The highest BCUT2D eigenvalue weighted by Crippen LogP contribution is 2.61. The zero-order chi connectivity index (χ0) is 34.1. The summed E-state index contributed by atoms with van der Waals surface area (Å²) in [7, 11) is 2.84. The van der Waals surface area contributed by atoms with Crippen LogP contribution in [0.2, 0.25) is 5.02 Å². The van der Waals surface area contributed by atoms with Crippen molar-refractivity contribution in [3.05, 3.63) is 86.9 Å². The Hall–Kier alpha value is -4.48. The molecule has 0 spiro atoms. The van der Waals surface area contributed by atoms with E-state index in [2.05, 4.69) is 0 Å². The summed E-state index contributed by atoms with van der Waals surface area (Å²) in [4.78, 5) is 59.8. The zero-order valence-corrected chi connectivity index (χ0v) is 27.9. The summed E-state index contributed by atoms with van der Waals surface area (Å²) in [6.45, 7) is 1.94. The molecule has 3 fully saturated rings. The molecule has 6 atom stereocenters. The van der Waals surface area contributed by atoms with Crippen molar-refractivity contribution in [1.29, 1.82) is 0 Å². The van der Waals surface area contributed by atoms with Crippen molar-refractivity contribution < 1.29 is 38.1 Å². The van der Waals surface area contributed by atoms with E-state index in [0.717, 1.165) is 21.4 Å². The summed E-state index contributed by atoms with van der Waals surface area (Å²) in [5, 5.41) is 12.1. The molecule has 0 bridgehead atoms.